The summed E-state index contributed by atoms with van der Waals surface area (Å²) in [5, 5.41) is 22.1. The summed E-state index contributed by atoms with van der Waals surface area (Å²) in [6.07, 6.45) is 0.0926. The van der Waals surface area contributed by atoms with E-state index in [-0.39, 0.29) is 12.2 Å². The predicted octanol–water partition coefficient (Wildman–Crippen LogP) is 4.41. The number of carbonyl (C=O) groups is 2. The molecule has 0 radical (unpaired) electrons. The highest BCUT2D eigenvalue weighted by Gasteiger charge is 2.23. The predicted molar refractivity (Wildman–Crippen MR) is 122 cm³/mol. The number of rotatable bonds is 7. The molecule has 1 atom stereocenters. The Morgan fingerprint density at radius 2 is 1.85 bits per heavy atom. The number of hydrogen-bond donors (Lipinski definition) is 2. The molecular weight excluding hydrogens is 420 g/mol. The lowest BCUT2D eigenvalue weighted by atomic mass is 9.97. The molecule has 4 rings (SSSR count). The van der Waals surface area contributed by atoms with Crippen LogP contribution in [0.1, 0.15) is 21.7 Å². The summed E-state index contributed by atoms with van der Waals surface area (Å²) in [4.78, 5) is 24.5. The van der Waals surface area contributed by atoms with Crippen molar-refractivity contribution in [2.45, 2.75) is 12.5 Å². The Bertz CT molecular complexity index is 1370. The second-order valence-corrected chi connectivity index (χ2v) is 7.44. The van der Waals surface area contributed by atoms with E-state index in [1.807, 2.05) is 24.3 Å². The minimum Gasteiger partial charge on any atom is -0.497 e. The van der Waals surface area contributed by atoms with Crippen LogP contribution in [0.15, 0.2) is 77.2 Å². The van der Waals surface area contributed by atoms with Gasteiger partial charge in [0.15, 0.2) is 5.76 Å². The van der Waals surface area contributed by atoms with Crippen LogP contribution >= 0.6 is 0 Å². The fourth-order valence-corrected chi connectivity index (χ4v) is 3.58. The van der Waals surface area contributed by atoms with Crippen molar-refractivity contribution < 1.29 is 23.8 Å². The summed E-state index contributed by atoms with van der Waals surface area (Å²) in [5.41, 5.74) is 3.45. The Balaban J connectivity index is 1.49. The lowest BCUT2D eigenvalue weighted by molar-refractivity contribution is -0.139. The van der Waals surface area contributed by atoms with E-state index in [1.165, 1.54) is 0 Å². The number of furan rings is 1. The van der Waals surface area contributed by atoms with Gasteiger partial charge in [-0.2, -0.15) is 5.26 Å². The van der Waals surface area contributed by atoms with Crippen molar-refractivity contribution in [3.05, 3.63) is 89.7 Å². The third kappa shape index (κ3) is 4.70. The van der Waals surface area contributed by atoms with Crippen molar-refractivity contribution in [3.8, 4) is 22.9 Å². The Morgan fingerprint density at radius 1 is 1.09 bits per heavy atom. The maximum atomic E-state index is 12.7. The number of carboxylic acids is 1. The molecule has 0 saturated carbocycles. The van der Waals surface area contributed by atoms with Crippen LogP contribution in [0.3, 0.4) is 0 Å². The monoisotopic (exact) mass is 440 g/mol. The first-order valence-corrected chi connectivity index (χ1v) is 10.2. The van der Waals surface area contributed by atoms with Gasteiger partial charge in [-0.15, -0.1) is 0 Å². The van der Waals surface area contributed by atoms with Crippen LogP contribution < -0.4 is 10.1 Å². The van der Waals surface area contributed by atoms with Crippen LogP contribution in [-0.2, 0) is 11.2 Å². The SMILES string of the molecule is COc1ccc2oc(C(=O)N[C@@H](Cc3ccc(-c4ccccc4C#N)cc3)C(=O)O)cc2c1. The number of nitrogens with zero attached hydrogens (tertiary/aromatic N) is 1. The second kappa shape index (κ2) is 9.28. The second-order valence-electron chi connectivity index (χ2n) is 7.44. The van der Waals surface area contributed by atoms with Crippen molar-refractivity contribution in [2.75, 3.05) is 7.11 Å². The van der Waals surface area contributed by atoms with Gasteiger partial charge in [-0.25, -0.2) is 4.79 Å². The molecule has 1 aromatic heterocycles. The maximum absolute atomic E-state index is 12.7. The van der Waals surface area contributed by atoms with Crippen LogP contribution in [-0.4, -0.2) is 30.1 Å². The number of hydrogen-bond acceptors (Lipinski definition) is 5. The van der Waals surface area contributed by atoms with E-state index in [2.05, 4.69) is 11.4 Å². The molecule has 0 saturated heterocycles. The van der Waals surface area contributed by atoms with Gasteiger partial charge in [-0.3, -0.25) is 4.79 Å². The number of ether oxygens (including phenoxy) is 1. The van der Waals surface area contributed by atoms with Gasteiger partial charge in [0.25, 0.3) is 5.91 Å². The Kier molecular flexibility index (Phi) is 6.09. The van der Waals surface area contributed by atoms with Gasteiger partial charge in [0, 0.05) is 11.8 Å². The summed E-state index contributed by atoms with van der Waals surface area (Å²) < 4.78 is 10.7. The average molecular weight is 440 g/mol. The molecule has 0 aliphatic carbocycles. The molecule has 0 aliphatic heterocycles. The fraction of sp³-hybridized carbons (Fsp3) is 0.115. The molecule has 2 N–H and O–H groups in total. The van der Waals surface area contributed by atoms with Crippen LogP contribution in [0.5, 0.6) is 5.75 Å². The smallest absolute Gasteiger partial charge is 0.326 e. The molecule has 7 nitrogen and oxygen atoms in total. The van der Waals surface area contributed by atoms with E-state index in [1.54, 1.807) is 55.6 Å². The molecule has 0 unspecified atom stereocenters. The molecule has 3 aromatic carbocycles. The lowest BCUT2D eigenvalue weighted by Crippen LogP contribution is -2.42. The molecule has 0 spiro atoms. The Morgan fingerprint density at radius 3 is 2.55 bits per heavy atom. The van der Waals surface area contributed by atoms with Crippen molar-refractivity contribution in [1.82, 2.24) is 5.32 Å². The highest BCUT2D eigenvalue weighted by atomic mass is 16.5. The molecule has 1 heterocycles. The number of benzene rings is 3. The lowest BCUT2D eigenvalue weighted by Gasteiger charge is -2.14. The molecule has 33 heavy (non-hydrogen) atoms. The summed E-state index contributed by atoms with van der Waals surface area (Å²) in [5.74, 6) is -1.12. The third-order valence-corrected chi connectivity index (χ3v) is 5.30. The van der Waals surface area contributed by atoms with Crippen molar-refractivity contribution in [2.24, 2.45) is 0 Å². The number of nitrogens with one attached hydrogen (secondary N) is 1. The number of fused-ring (bicyclic) bond motifs is 1. The summed E-state index contributed by atoms with van der Waals surface area (Å²) in [7, 11) is 1.54. The molecule has 1 amide bonds. The number of aliphatic carboxylic acids is 1. The summed E-state index contributed by atoms with van der Waals surface area (Å²) >= 11 is 0. The van der Waals surface area contributed by atoms with Crippen LogP contribution in [0.2, 0.25) is 0 Å². The van der Waals surface area contributed by atoms with Gasteiger partial charge >= 0.3 is 5.97 Å². The molecule has 164 valence electrons. The molecular formula is C26H20N2O5. The van der Waals surface area contributed by atoms with Gasteiger partial charge in [-0.1, -0.05) is 42.5 Å². The Labute approximate surface area is 189 Å². The van der Waals surface area contributed by atoms with Gasteiger partial charge in [0.2, 0.25) is 0 Å². The highest BCUT2D eigenvalue weighted by Crippen LogP contribution is 2.25. The molecule has 4 aromatic rings. The zero-order chi connectivity index (χ0) is 23.4. The standard InChI is InChI=1S/C26H20N2O5/c1-32-20-10-11-23-19(13-20)14-24(33-23)25(29)28-22(26(30)31)12-16-6-8-17(9-7-16)21-5-3-2-4-18(21)15-27/h2-11,13-14,22H,12H2,1H3,(H,28,29)(H,30,31)/t22-/m0/s1. The number of carboxylic acid groups (broad SMARTS) is 1. The van der Waals surface area contributed by atoms with Crippen LogP contribution in [0.4, 0.5) is 0 Å². The van der Waals surface area contributed by atoms with Crippen molar-refractivity contribution >= 4 is 22.8 Å². The minimum absolute atomic E-state index is 0.0213. The van der Waals surface area contributed by atoms with Gasteiger partial charge in [-0.05, 0) is 47.0 Å². The number of carbonyl (C=O) groups excluding carboxylic acids is 1. The average Bonchev–Trinajstić information content (AvgIpc) is 3.27. The van der Waals surface area contributed by atoms with E-state index in [0.29, 0.717) is 22.3 Å². The summed E-state index contributed by atoms with van der Waals surface area (Å²) in [6, 6.07) is 22.2. The van der Waals surface area contributed by atoms with Gasteiger partial charge < -0.3 is 19.6 Å². The van der Waals surface area contributed by atoms with Crippen LogP contribution in [0, 0.1) is 11.3 Å². The highest BCUT2D eigenvalue weighted by molar-refractivity contribution is 5.98. The molecule has 0 aliphatic rings. The normalized spacial score (nSPS) is 11.5. The molecule has 0 bridgehead atoms. The Hall–Kier alpha value is -4.57. The van der Waals surface area contributed by atoms with E-state index in [0.717, 1.165) is 16.7 Å². The van der Waals surface area contributed by atoms with E-state index in [9.17, 15) is 20.0 Å². The minimum atomic E-state index is -1.15. The van der Waals surface area contributed by atoms with Crippen molar-refractivity contribution in [1.29, 1.82) is 5.26 Å². The van der Waals surface area contributed by atoms with Crippen molar-refractivity contribution in [3.63, 3.8) is 0 Å². The molecule has 7 heteroatoms. The van der Waals surface area contributed by atoms with E-state index in [4.69, 9.17) is 9.15 Å². The maximum Gasteiger partial charge on any atom is 0.326 e. The first-order chi connectivity index (χ1) is 16.0. The first-order valence-electron chi connectivity index (χ1n) is 10.2. The topological polar surface area (TPSA) is 113 Å². The van der Waals surface area contributed by atoms with Gasteiger partial charge in [0.1, 0.15) is 17.4 Å². The quantitative estimate of drug-likeness (QED) is 0.440. The largest absolute Gasteiger partial charge is 0.497 e. The van der Waals surface area contributed by atoms with E-state index < -0.39 is 17.9 Å². The zero-order valence-corrected chi connectivity index (χ0v) is 17.7. The van der Waals surface area contributed by atoms with Crippen LogP contribution in [0.25, 0.3) is 22.1 Å². The van der Waals surface area contributed by atoms with Gasteiger partial charge in [0.05, 0.1) is 18.7 Å². The van der Waals surface area contributed by atoms with E-state index >= 15 is 0 Å². The molecule has 0 fully saturated rings. The third-order valence-electron chi connectivity index (χ3n) is 5.30. The summed E-state index contributed by atoms with van der Waals surface area (Å²) in [6.45, 7) is 0. The first kappa shape index (κ1) is 21.7. The number of methoxy groups -OCH3 is 1. The zero-order valence-electron chi connectivity index (χ0n) is 17.7. The number of nitriles is 1. The fourth-order valence-electron chi connectivity index (χ4n) is 3.58. The number of amides is 1.